The van der Waals surface area contributed by atoms with E-state index >= 15 is 0 Å². The third-order valence-electron chi connectivity index (χ3n) is 3.60. The van der Waals surface area contributed by atoms with Crippen molar-refractivity contribution in [2.45, 2.75) is 72.1 Å². The van der Waals surface area contributed by atoms with Crippen molar-refractivity contribution in [3.63, 3.8) is 0 Å². The van der Waals surface area contributed by atoms with Crippen LogP contribution in [0.2, 0.25) is 0 Å². The molecule has 1 rings (SSSR count). The summed E-state index contributed by atoms with van der Waals surface area (Å²) in [7, 11) is 0. The van der Waals surface area contributed by atoms with Crippen LogP contribution >= 0.6 is 0 Å². The highest BCUT2D eigenvalue weighted by Gasteiger charge is 2.05. The summed E-state index contributed by atoms with van der Waals surface area (Å²) in [5, 5.41) is 9.75. The van der Waals surface area contributed by atoms with Crippen LogP contribution in [-0.4, -0.2) is 34.6 Å². The van der Waals surface area contributed by atoms with E-state index in [1.807, 2.05) is 6.92 Å². The van der Waals surface area contributed by atoms with E-state index in [4.69, 9.17) is 0 Å². The number of hydrogen-bond donors (Lipinski definition) is 3. The van der Waals surface area contributed by atoms with Gasteiger partial charge in [-0.1, -0.05) is 52.4 Å². The Hall–Kier alpha value is -1.59. The average Bonchev–Trinajstić information content (AvgIpc) is 2.54. The van der Waals surface area contributed by atoms with Crippen LogP contribution in [0.1, 0.15) is 72.1 Å². The SMILES string of the molecule is CCCCCCCCNc1nc(NCC)nc(NCCCC)n1. The summed E-state index contributed by atoms with van der Waals surface area (Å²) in [6.07, 6.45) is 10.00. The number of hydrogen-bond acceptors (Lipinski definition) is 6. The lowest BCUT2D eigenvalue weighted by Gasteiger charge is -2.10. The molecule has 132 valence electrons. The third-order valence-corrected chi connectivity index (χ3v) is 3.60. The second-order valence-corrected chi connectivity index (χ2v) is 5.81. The number of aromatic nitrogens is 3. The van der Waals surface area contributed by atoms with Gasteiger partial charge in [0.1, 0.15) is 0 Å². The molecule has 0 aliphatic rings. The maximum Gasteiger partial charge on any atom is 0.229 e. The van der Waals surface area contributed by atoms with Crippen molar-refractivity contribution in [1.29, 1.82) is 0 Å². The van der Waals surface area contributed by atoms with Crippen LogP contribution in [0.4, 0.5) is 17.8 Å². The van der Waals surface area contributed by atoms with Gasteiger partial charge in [0.2, 0.25) is 17.8 Å². The first kappa shape index (κ1) is 19.5. The molecule has 0 bridgehead atoms. The van der Waals surface area contributed by atoms with E-state index in [2.05, 4.69) is 44.7 Å². The van der Waals surface area contributed by atoms with Gasteiger partial charge in [-0.2, -0.15) is 15.0 Å². The molecule has 0 saturated carbocycles. The molecule has 0 spiro atoms. The molecule has 1 aromatic rings. The van der Waals surface area contributed by atoms with Crippen LogP contribution in [0.3, 0.4) is 0 Å². The molecule has 6 nitrogen and oxygen atoms in total. The smallest absolute Gasteiger partial charge is 0.229 e. The number of rotatable bonds is 14. The molecule has 6 heteroatoms. The van der Waals surface area contributed by atoms with Gasteiger partial charge in [-0.05, 0) is 19.8 Å². The topological polar surface area (TPSA) is 74.8 Å². The van der Waals surface area contributed by atoms with Crippen molar-refractivity contribution in [1.82, 2.24) is 15.0 Å². The first-order valence-electron chi connectivity index (χ1n) is 9.27. The number of nitrogens with one attached hydrogen (secondary N) is 3. The van der Waals surface area contributed by atoms with Gasteiger partial charge in [0.05, 0.1) is 0 Å². The van der Waals surface area contributed by atoms with Gasteiger partial charge in [0.25, 0.3) is 0 Å². The van der Waals surface area contributed by atoms with E-state index in [-0.39, 0.29) is 0 Å². The van der Waals surface area contributed by atoms with Crippen LogP contribution in [-0.2, 0) is 0 Å². The van der Waals surface area contributed by atoms with E-state index < -0.39 is 0 Å². The summed E-state index contributed by atoms with van der Waals surface area (Å²) in [6.45, 7) is 9.06. The van der Waals surface area contributed by atoms with Gasteiger partial charge < -0.3 is 16.0 Å². The molecule has 23 heavy (non-hydrogen) atoms. The van der Waals surface area contributed by atoms with Gasteiger partial charge in [-0.3, -0.25) is 0 Å². The first-order chi connectivity index (χ1) is 11.3. The molecule has 1 aromatic heterocycles. The monoisotopic (exact) mass is 322 g/mol. The molecule has 0 aliphatic heterocycles. The quantitative estimate of drug-likeness (QED) is 0.444. The number of anilines is 3. The molecule has 0 fully saturated rings. The zero-order valence-corrected chi connectivity index (χ0v) is 15.1. The zero-order valence-electron chi connectivity index (χ0n) is 15.1. The van der Waals surface area contributed by atoms with E-state index in [1.165, 1.54) is 32.1 Å². The van der Waals surface area contributed by atoms with Crippen molar-refractivity contribution in [3.8, 4) is 0 Å². The second-order valence-electron chi connectivity index (χ2n) is 5.81. The van der Waals surface area contributed by atoms with Gasteiger partial charge in [0.15, 0.2) is 0 Å². The minimum Gasteiger partial charge on any atom is -0.354 e. The Balaban J connectivity index is 2.42. The predicted octanol–water partition coefficient (Wildman–Crippen LogP) is 4.29. The Labute approximate surface area is 141 Å². The van der Waals surface area contributed by atoms with E-state index in [9.17, 15) is 0 Å². The minimum absolute atomic E-state index is 0.631. The Morgan fingerprint density at radius 1 is 0.565 bits per heavy atom. The van der Waals surface area contributed by atoms with Crippen LogP contribution < -0.4 is 16.0 Å². The van der Waals surface area contributed by atoms with Gasteiger partial charge in [0, 0.05) is 19.6 Å². The molecule has 0 saturated heterocycles. The fourth-order valence-corrected chi connectivity index (χ4v) is 2.25. The largest absolute Gasteiger partial charge is 0.354 e. The van der Waals surface area contributed by atoms with E-state index in [0.29, 0.717) is 17.8 Å². The van der Waals surface area contributed by atoms with Gasteiger partial charge in [-0.25, -0.2) is 0 Å². The molecule has 1 heterocycles. The highest BCUT2D eigenvalue weighted by atomic mass is 15.3. The molecule has 0 amide bonds. The number of unbranched alkanes of at least 4 members (excludes halogenated alkanes) is 6. The summed E-state index contributed by atoms with van der Waals surface area (Å²) < 4.78 is 0. The van der Waals surface area contributed by atoms with E-state index in [0.717, 1.165) is 38.9 Å². The molecule has 3 N–H and O–H groups in total. The first-order valence-corrected chi connectivity index (χ1v) is 9.27. The minimum atomic E-state index is 0.631. The standard InChI is InChI=1S/C17H34N6/c1-4-7-9-10-11-12-14-20-17-22-15(18-6-3)21-16(23-17)19-13-8-5-2/h4-14H2,1-3H3,(H3,18,19,20,21,22,23). The average molecular weight is 323 g/mol. The lowest BCUT2D eigenvalue weighted by Crippen LogP contribution is -2.13. The number of nitrogens with zero attached hydrogens (tertiary/aromatic N) is 3. The fraction of sp³-hybridized carbons (Fsp3) is 0.824. The third kappa shape index (κ3) is 9.21. The molecule has 0 radical (unpaired) electrons. The van der Waals surface area contributed by atoms with Crippen LogP contribution in [0.15, 0.2) is 0 Å². The van der Waals surface area contributed by atoms with Crippen LogP contribution in [0.5, 0.6) is 0 Å². The molecule has 0 aliphatic carbocycles. The molecule has 0 unspecified atom stereocenters. The highest BCUT2D eigenvalue weighted by Crippen LogP contribution is 2.10. The van der Waals surface area contributed by atoms with Crippen LogP contribution in [0, 0.1) is 0 Å². The van der Waals surface area contributed by atoms with Crippen molar-refractivity contribution < 1.29 is 0 Å². The zero-order chi connectivity index (χ0) is 16.8. The fourth-order valence-electron chi connectivity index (χ4n) is 2.25. The van der Waals surface area contributed by atoms with Crippen molar-refractivity contribution in [2.75, 3.05) is 35.6 Å². The van der Waals surface area contributed by atoms with Crippen molar-refractivity contribution in [2.24, 2.45) is 0 Å². The Bertz CT molecular complexity index is 410. The highest BCUT2D eigenvalue weighted by molar-refractivity contribution is 5.41. The Morgan fingerprint density at radius 2 is 1.04 bits per heavy atom. The lowest BCUT2D eigenvalue weighted by molar-refractivity contribution is 0.616. The normalized spacial score (nSPS) is 10.6. The Morgan fingerprint density at radius 3 is 1.61 bits per heavy atom. The van der Waals surface area contributed by atoms with Crippen LogP contribution in [0.25, 0.3) is 0 Å². The molecular formula is C17H34N6. The lowest BCUT2D eigenvalue weighted by atomic mass is 10.1. The van der Waals surface area contributed by atoms with Gasteiger partial charge in [-0.15, -0.1) is 0 Å². The Kier molecular flexibility index (Phi) is 10.9. The molecule has 0 aromatic carbocycles. The summed E-state index contributed by atoms with van der Waals surface area (Å²) in [5.74, 6) is 1.94. The molecular weight excluding hydrogens is 288 g/mol. The maximum atomic E-state index is 4.45. The summed E-state index contributed by atoms with van der Waals surface area (Å²) in [5.41, 5.74) is 0. The summed E-state index contributed by atoms with van der Waals surface area (Å²) in [4.78, 5) is 13.3. The molecule has 0 atom stereocenters. The summed E-state index contributed by atoms with van der Waals surface area (Å²) in [6, 6.07) is 0. The maximum absolute atomic E-state index is 4.45. The second kappa shape index (κ2) is 12.9. The van der Waals surface area contributed by atoms with Gasteiger partial charge >= 0.3 is 0 Å². The van der Waals surface area contributed by atoms with Crippen molar-refractivity contribution >= 4 is 17.8 Å². The predicted molar refractivity (Wildman–Crippen MR) is 99.3 cm³/mol. The summed E-state index contributed by atoms with van der Waals surface area (Å²) >= 11 is 0. The van der Waals surface area contributed by atoms with Crippen molar-refractivity contribution in [3.05, 3.63) is 0 Å². The van der Waals surface area contributed by atoms with E-state index in [1.54, 1.807) is 0 Å².